The molecule has 0 radical (unpaired) electrons. The second-order valence-electron chi connectivity index (χ2n) is 26.1. The number of halogens is 4. The summed E-state index contributed by atoms with van der Waals surface area (Å²) < 4.78 is 90.6. The van der Waals surface area contributed by atoms with Gasteiger partial charge in [-0.25, -0.2) is 8.42 Å². The first-order valence-electron chi connectivity index (χ1n) is 33.2. The van der Waals surface area contributed by atoms with Crippen LogP contribution in [0.5, 0.6) is 23.0 Å². The van der Waals surface area contributed by atoms with Gasteiger partial charge in [-0.05, 0) is 180 Å². The molecule has 0 saturated heterocycles. The maximum Gasteiger partial charge on any atom is 0.485 e. The molecule has 6 aliphatic rings. The van der Waals surface area contributed by atoms with Gasteiger partial charge in [-0.15, -0.1) is 0 Å². The lowest BCUT2D eigenvalue weighted by molar-refractivity contribution is -0.257. The van der Waals surface area contributed by atoms with E-state index in [0.29, 0.717) is 28.5 Å². The lowest BCUT2D eigenvalue weighted by Crippen LogP contribution is -2.46. The maximum absolute atomic E-state index is 17.1. The number of benzene rings is 8. The Balaban J connectivity index is 0.000000139. The smallest absolute Gasteiger partial charge is 0.485 e. The van der Waals surface area contributed by atoms with E-state index in [0.717, 1.165) is 115 Å². The van der Waals surface area contributed by atoms with Crippen molar-refractivity contribution in [3.8, 4) is 45.3 Å². The number of hydrogen-bond donors (Lipinski definition) is 2. The molecule has 2 N–H and O–H groups in total. The van der Waals surface area contributed by atoms with Crippen LogP contribution in [-0.4, -0.2) is 50.4 Å². The zero-order valence-electron chi connectivity index (χ0n) is 51.9. The molecule has 7 nitrogen and oxygen atoms in total. The van der Waals surface area contributed by atoms with Gasteiger partial charge in [0.15, 0.2) is 27.2 Å². The topological polar surface area (TPSA) is 116 Å². The minimum absolute atomic E-state index is 0.172. The Bertz CT molecular complexity index is 3700. The minimum Gasteiger partial charge on any atom is -0.741 e. The standard InChI is InChI=1S/C36H39FO2.C20H14O2.C19H33S2.CHF3O3S/c1-2-7-24-12-14-25(15-13-24)26-16-20-29(21-17-26)36(37)38-32-22-18-27-8-3-5-10-30(27)34(32)35-31-11-6-4-9-28(31)19-23-33(35)39-36;21-17-11-9-13-5-1-3-7-15(13)19(17)20-16-8-4-2-6-14(16)10-12-18(20)22;1-2-4-15-5-7-16(8-6-15)17-9-11-18(12-10-17)19-20-13-3-14-21-19;2-1(3,4)8(5,6)7/h3-6,8-11,18-19,22-26,29H,2,7,12-17,20-21H2,1H3;1-12,21-22H;15-18H,2-14H2,1H3;(H,5,6,7)/q;;+1;/p-1. The van der Waals surface area contributed by atoms with E-state index in [-0.39, 0.29) is 17.4 Å². The predicted molar refractivity (Wildman–Crippen MR) is 364 cm³/mol. The van der Waals surface area contributed by atoms with Crippen LogP contribution in [0.1, 0.15) is 149 Å². The summed E-state index contributed by atoms with van der Waals surface area (Å²) in [5, 5.41) is 29.1. The Morgan fingerprint density at radius 2 is 0.856 bits per heavy atom. The van der Waals surface area contributed by atoms with E-state index < -0.39 is 21.7 Å². The largest absolute Gasteiger partial charge is 0.741 e. The number of hydrogen-bond acceptors (Lipinski definition) is 8. The molecule has 0 aromatic heterocycles. The van der Waals surface area contributed by atoms with Gasteiger partial charge in [0.25, 0.3) is 0 Å². The highest BCUT2D eigenvalue weighted by Gasteiger charge is 2.50. The van der Waals surface area contributed by atoms with Crippen molar-refractivity contribution in [2.45, 2.75) is 160 Å². The highest BCUT2D eigenvalue weighted by molar-refractivity contribution is 8.23. The van der Waals surface area contributed by atoms with Crippen molar-refractivity contribution < 1.29 is 50.2 Å². The number of fused-ring (bicyclic) bond motifs is 9. The molecule has 4 fully saturated rings. The molecule has 14 rings (SSSR count). The summed E-state index contributed by atoms with van der Waals surface area (Å²) >= 11 is 4.38. The van der Waals surface area contributed by atoms with Crippen molar-refractivity contribution in [1.29, 1.82) is 0 Å². The molecule has 0 unspecified atom stereocenters. The summed E-state index contributed by atoms with van der Waals surface area (Å²) in [6.45, 7) is 4.66. The van der Waals surface area contributed by atoms with Crippen LogP contribution < -0.4 is 9.47 Å². The summed E-state index contributed by atoms with van der Waals surface area (Å²) in [6.07, 6.45) is 28.5. The van der Waals surface area contributed by atoms with Gasteiger partial charge in [0.05, 0.1) is 5.92 Å². The van der Waals surface area contributed by atoms with Crippen molar-refractivity contribution in [1.82, 2.24) is 0 Å². The fourth-order valence-electron chi connectivity index (χ4n) is 15.9. The Kier molecular flexibility index (Phi) is 21.4. The third-order valence-electron chi connectivity index (χ3n) is 20.5. The first kappa shape index (κ1) is 65.6. The molecule has 4 saturated carbocycles. The number of ether oxygens (including phenoxy) is 2. The minimum atomic E-state index is -6.09. The van der Waals surface area contributed by atoms with Crippen LogP contribution in [0.15, 0.2) is 146 Å². The molecule has 14 heteroatoms. The molecule has 2 heterocycles. The van der Waals surface area contributed by atoms with Crippen LogP contribution in [0, 0.1) is 47.3 Å². The van der Waals surface area contributed by atoms with Gasteiger partial charge < -0.3 is 24.2 Å². The molecule has 2 aliphatic heterocycles. The molecule has 0 atom stereocenters. The van der Waals surface area contributed by atoms with Crippen LogP contribution in [0.4, 0.5) is 17.6 Å². The number of thioether (sulfide) groups is 1. The highest BCUT2D eigenvalue weighted by atomic mass is 32.2. The quantitative estimate of drug-likeness (QED) is 0.0483. The molecular formula is C76H86F4O7S3. The van der Waals surface area contributed by atoms with Crippen LogP contribution in [0.2, 0.25) is 0 Å². The molecule has 0 amide bonds. The zero-order valence-corrected chi connectivity index (χ0v) is 54.4. The Morgan fingerprint density at radius 1 is 0.511 bits per heavy atom. The van der Waals surface area contributed by atoms with Gasteiger partial charge in [0, 0.05) is 40.3 Å². The van der Waals surface area contributed by atoms with E-state index in [2.05, 4.69) is 61.2 Å². The van der Waals surface area contributed by atoms with Crippen molar-refractivity contribution in [2.75, 3.05) is 11.5 Å². The Labute approximate surface area is 537 Å². The van der Waals surface area contributed by atoms with E-state index in [4.69, 9.17) is 22.4 Å². The number of rotatable bonds is 9. The molecule has 0 spiro atoms. The number of aromatic hydroxyl groups is 2. The summed E-state index contributed by atoms with van der Waals surface area (Å²) in [5.74, 6) is 10.7. The molecule has 8 aromatic carbocycles. The van der Waals surface area contributed by atoms with Gasteiger partial charge in [-0.2, -0.15) is 17.6 Å². The number of phenolic OH excluding ortho intramolecular Hbond substituents is 2. The molecular weight excluding hydrogens is 1200 g/mol. The van der Waals surface area contributed by atoms with Crippen LogP contribution in [-0.2, 0) is 21.5 Å². The van der Waals surface area contributed by atoms with Crippen LogP contribution in [0.25, 0.3) is 65.3 Å². The first-order chi connectivity index (χ1) is 43.5. The van der Waals surface area contributed by atoms with Crippen molar-refractivity contribution in [3.05, 3.63) is 146 Å². The Hall–Kier alpha value is -5.93. The monoisotopic (exact) mass is 1280 g/mol. The maximum atomic E-state index is 17.1. The predicted octanol–water partition coefficient (Wildman–Crippen LogP) is 21.3. The van der Waals surface area contributed by atoms with Crippen molar-refractivity contribution >= 4 is 80.5 Å². The lowest BCUT2D eigenvalue weighted by Gasteiger charge is -2.40. The van der Waals surface area contributed by atoms with E-state index in [1.54, 1.807) is 50.7 Å². The molecule has 0 bridgehead atoms. The zero-order chi connectivity index (χ0) is 63.0. The number of alkyl halides is 4. The lowest BCUT2D eigenvalue weighted by atomic mass is 9.68. The SMILES string of the molecule is CCCC1CCC(C2CCC(C3(F)Oc4ccc5ccccc5c4-c4c(ccc5ccccc45)O3)CC2)CC1.CCCC1CCC(C2CCC(C3=[S+]CCCS3)CC2)CC1.O=S(=O)([O-])C(F)(F)F.Oc1ccc2ccccc2c1-c1c(O)ccc2ccccc12. The fourth-order valence-corrected chi connectivity index (χ4v) is 18.8. The normalized spacial score (nSPS) is 24.2. The third kappa shape index (κ3) is 15.1. The van der Waals surface area contributed by atoms with Crippen LogP contribution in [0.3, 0.4) is 0 Å². The second kappa shape index (κ2) is 29.4. The summed E-state index contributed by atoms with van der Waals surface area (Å²) in [4.78, 5) is 0. The summed E-state index contributed by atoms with van der Waals surface area (Å²) in [5.41, 5.74) is -2.44. The summed E-state index contributed by atoms with van der Waals surface area (Å²) in [6, 6.07) is 45.2. The van der Waals surface area contributed by atoms with Crippen LogP contribution >= 0.6 is 11.8 Å². The number of phenols is 2. The van der Waals surface area contributed by atoms with Gasteiger partial charge in [0.2, 0.25) is 4.20 Å². The molecule has 4 aliphatic carbocycles. The van der Waals surface area contributed by atoms with Gasteiger partial charge in [0.1, 0.15) is 23.0 Å². The Morgan fingerprint density at radius 3 is 1.21 bits per heavy atom. The molecule has 90 heavy (non-hydrogen) atoms. The average molecular weight is 1280 g/mol. The van der Waals surface area contributed by atoms with E-state index in [1.165, 1.54) is 82.1 Å². The van der Waals surface area contributed by atoms with Gasteiger partial charge in [-0.3, -0.25) is 0 Å². The van der Waals surface area contributed by atoms with E-state index in [1.807, 2.05) is 113 Å². The summed E-state index contributed by atoms with van der Waals surface area (Å²) in [7, 11) is -6.09. The van der Waals surface area contributed by atoms with Gasteiger partial charge >= 0.3 is 11.5 Å². The first-order valence-corrected chi connectivity index (χ1v) is 36.5. The van der Waals surface area contributed by atoms with Gasteiger partial charge in [-0.1, -0.05) is 198 Å². The highest BCUT2D eigenvalue weighted by Crippen LogP contribution is 2.54. The van der Waals surface area contributed by atoms with Crippen molar-refractivity contribution in [3.63, 3.8) is 0 Å². The third-order valence-corrected chi connectivity index (χ3v) is 24.0. The van der Waals surface area contributed by atoms with E-state index in [9.17, 15) is 23.4 Å². The molecule has 478 valence electrons. The molecule has 8 aromatic rings. The van der Waals surface area contributed by atoms with Crippen molar-refractivity contribution in [2.24, 2.45) is 47.3 Å². The fraction of sp³-hybridized carbons (Fsp3) is 0.461. The second-order valence-corrected chi connectivity index (χ2v) is 30.0. The average Bonchev–Trinajstić information content (AvgIpc) is 1.56. The van der Waals surface area contributed by atoms with E-state index >= 15 is 4.39 Å².